The van der Waals surface area contributed by atoms with Gasteiger partial charge in [0.1, 0.15) is 6.10 Å². The molecule has 1 aliphatic heterocycles. The minimum atomic E-state index is -0.251. The van der Waals surface area contributed by atoms with E-state index in [1.165, 1.54) is 10.4 Å². The second kappa shape index (κ2) is 11.5. The Hall–Kier alpha value is -2.63. The van der Waals surface area contributed by atoms with E-state index >= 15 is 0 Å². The average molecular weight is 424 g/mol. The highest BCUT2D eigenvalue weighted by Crippen LogP contribution is 2.29. The maximum absolute atomic E-state index is 12.3. The SMILES string of the molecule is CC(c1ccc(-c2cccs2)cc1)N1CCC(CCCO)OC1=O.c1ccccc1. The summed E-state index contributed by atoms with van der Waals surface area (Å²) in [5, 5.41) is 11.0. The molecule has 30 heavy (non-hydrogen) atoms. The van der Waals surface area contributed by atoms with E-state index in [2.05, 4.69) is 35.7 Å². The maximum Gasteiger partial charge on any atom is 0.410 e. The fraction of sp³-hybridized carbons (Fsp3) is 0.320. The molecule has 158 valence electrons. The molecule has 0 radical (unpaired) electrons. The van der Waals surface area contributed by atoms with Crippen LogP contribution in [0.4, 0.5) is 4.79 Å². The Morgan fingerprint density at radius 2 is 1.73 bits per heavy atom. The lowest BCUT2D eigenvalue weighted by Crippen LogP contribution is -2.43. The highest BCUT2D eigenvalue weighted by atomic mass is 32.1. The van der Waals surface area contributed by atoms with Gasteiger partial charge in [0.05, 0.1) is 6.04 Å². The molecule has 4 nitrogen and oxygen atoms in total. The summed E-state index contributed by atoms with van der Waals surface area (Å²) < 4.78 is 5.50. The van der Waals surface area contributed by atoms with Crippen LogP contribution >= 0.6 is 11.3 Å². The van der Waals surface area contributed by atoms with Crippen LogP contribution in [-0.4, -0.2) is 35.4 Å². The van der Waals surface area contributed by atoms with Crippen molar-refractivity contribution in [2.75, 3.05) is 13.2 Å². The van der Waals surface area contributed by atoms with E-state index in [0.717, 1.165) is 18.4 Å². The van der Waals surface area contributed by atoms with Crippen molar-refractivity contribution in [3.8, 4) is 10.4 Å². The first-order valence-electron chi connectivity index (χ1n) is 10.4. The summed E-state index contributed by atoms with van der Waals surface area (Å²) in [6.45, 7) is 2.88. The number of carbonyl (C=O) groups excluding carboxylic acids is 1. The number of hydrogen-bond acceptors (Lipinski definition) is 4. The number of hydrogen-bond donors (Lipinski definition) is 1. The molecular formula is C25H29NO3S. The molecule has 0 bridgehead atoms. The summed E-state index contributed by atoms with van der Waals surface area (Å²) >= 11 is 1.72. The minimum Gasteiger partial charge on any atom is -0.446 e. The van der Waals surface area contributed by atoms with Gasteiger partial charge in [0, 0.05) is 24.4 Å². The van der Waals surface area contributed by atoms with Crippen LogP contribution in [0.15, 0.2) is 78.2 Å². The molecule has 2 unspecified atom stereocenters. The highest BCUT2D eigenvalue weighted by molar-refractivity contribution is 7.13. The van der Waals surface area contributed by atoms with Crippen LogP contribution in [0, 0.1) is 0 Å². The standard InChI is InChI=1S/C19H23NO3S.C6H6/c1-14(20-11-10-17(4-2-12-21)23-19(20)22)15-6-8-16(9-7-15)18-5-3-13-24-18;1-2-4-6-5-3-1/h3,5-9,13-14,17,21H,2,4,10-12H2,1H3;1-6H. The third kappa shape index (κ3) is 6.18. The minimum absolute atomic E-state index is 0.00585. The summed E-state index contributed by atoms with van der Waals surface area (Å²) in [5.41, 5.74) is 2.31. The number of amides is 1. The lowest BCUT2D eigenvalue weighted by atomic mass is 10.0. The van der Waals surface area contributed by atoms with Crippen molar-refractivity contribution < 1.29 is 14.6 Å². The molecule has 0 aliphatic carbocycles. The molecule has 4 rings (SSSR count). The first-order chi connectivity index (χ1) is 14.7. The lowest BCUT2D eigenvalue weighted by Gasteiger charge is -2.35. The van der Waals surface area contributed by atoms with E-state index in [1.54, 1.807) is 16.2 Å². The molecule has 2 atom stereocenters. The van der Waals surface area contributed by atoms with Gasteiger partial charge in [-0.25, -0.2) is 4.79 Å². The first kappa shape index (κ1) is 22.1. The largest absolute Gasteiger partial charge is 0.446 e. The number of aliphatic hydroxyl groups is 1. The summed E-state index contributed by atoms with van der Waals surface area (Å²) in [4.78, 5) is 15.3. The van der Waals surface area contributed by atoms with Crippen molar-refractivity contribution in [3.63, 3.8) is 0 Å². The van der Waals surface area contributed by atoms with Crippen molar-refractivity contribution in [2.24, 2.45) is 0 Å². The molecule has 2 heterocycles. The van der Waals surface area contributed by atoms with Gasteiger partial charge in [0.25, 0.3) is 0 Å². The molecule has 0 spiro atoms. The smallest absolute Gasteiger partial charge is 0.410 e. The number of carbonyl (C=O) groups is 1. The lowest BCUT2D eigenvalue weighted by molar-refractivity contribution is 0.00760. The van der Waals surface area contributed by atoms with Crippen LogP contribution < -0.4 is 0 Å². The van der Waals surface area contributed by atoms with Gasteiger partial charge in [-0.05, 0) is 42.3 Å². The molecule has 1 aliphatic rings. The van der Waals surface area contributed by atoms with Gasteiger partial charge < -0.3 is 14.7 Å². The van der Waals surface area contributed by atoms with E-state index in [0.29, 0.717) is 13.0 Å². The molecule has 1 N–H and O–H groups in total. The highest BCUT2D eigenvalue weighted by Gasteiger charge is 2.30. The maximum atomic E-state index is 12.3. The van der Waals surface area contributed by atoms with Crippen LogP contribution in [0.1, 0.15) is 37.8 Å². The molecule has 1 amide bonds. The number of thiophene rings is 1. The summed E-state index contributed by atoms with van der Waals surface area (Å²) in [7, 11) is 0. The first-order valence-corrected chi connectivity index (χ1v) is 11.3. The zero-order chi connectivity index (χ0) is 21.2. The molecule has 1 fully saturated rings. The van der Waals surface area contributed by atoms with Crippen molar-refractivity contribution in [1.82, 2.24) is 4.90 Å². The molecule has 2 aromatic carbocycles. The summed E-state index contributed by atoms with van der Waals surface area (Å²) in [6, 6.07) is 24.5. The molecule has 1 aromatic heterocycles. The van der Waals surface area contributed by atoms with Gasteiger partial charge in [-0.1, -0.05) is 66.7 Å². The Bertz CT molecular complexity index is 838. The zero-order valence-corrected chi connectivity index (χ0v) is 18.1. The normalized spacial score (nSPS) is 16.9. The van der Waals surface area contributed by atoms with E-state index in [1.807, 2.05) is 49.4 Å². The zero-order valence-electron chi connectivity index (χ0n) is 17.3. The van der Waals surface area contributed by atoms with Crippen LogP contribution in [0.2, 0.25) is 0 Å². The van der Waals surface area contributed by atoms with E-state index < -0.39 is 0 Å². The third-order valence-electron chi connectivity index (χ3n) is 5.21. The average Bonchev–Trinajstić information content (AvgIpc) is 3.34. The Balaban J connectivity index is 0.000000367. The topological polar surface area (TPSA) is 49.8 Å². The van der Waals surface area contributed by atoms with Crippen molar-refractivity contribution >= 4 is 17.4 Å². The molecule has 3 aromatic rings. The quantitative estimate of drug-likeness (QED) is 0.518. The Labute approximate surface area is 182 Å². The van der Waals surface area contributed by atoms with Crippen molar-refractivity contribution in [1.29, 1.82) is 0 Å². The Kier molecular flexibility index (Phi) is 8.48. The number of ether oxygens (including phenoxy) is 1. The van der Waals surface area contributed by atoms with Crippen molar-refractivity contribution in [2.45, 2.75) is 38.3 Å². The van der Waals surface area contributed by atoms with Crippen LogP contribution in [0.3, 0.4) is 0 Å². The third-order valence-corrected chi connectivity index (χ3v) is 6.13. The van der Waals surface area contributed by atoms with Crippen LogP contribution in [0.25, 0.3) is 10.4 Å². The Morgan fingerprint density at radius 1 is 1.07 bits per heavy atom. The second-order valence-corrected chi connectivity index (χ2v) is 8.23. The van der Waals surface area contributed by atoms with E-state index in [4.69, 9.17) is 9.84 Å². The van der Waals surface area contributed by atoms with E-state index in [9.17, 15) is 4.79 Å². The van der Waals surface area contributed by atoms with Gasteiger partial charge in [-0.3, -0.25) is 0 Å². The van der Waals surface area contributed by atoms with Crippen LogP contribution in [-0.2, 0) is 4.74 Å². The fourth-order valence-corrected chi connectivity index (χ4v) is 4.18. The number of aliphatic hydroxyl groups excluding tert-OH is 1. The molecule has 1 saturated heterocycles. The number of nitrogens with zero attached hydrogens (tertiary/aromatic N) is 1. The summed E-state index contributed by atoms with van der Waals surface area (Å²) in [6.07, 6.45) is 1.93. The predicted octanol–water partition coefficient (Wildman–Crippen LogP) is 6.15. The number of rotatable bonds is 6. The monoisotopic (exact) mass is 423 g/mol. The molecule has 5 heteroatoms. The van der Waals surface area contributed by atoms with Crippen molar-refractivity contribution in [3.05, 3.63) is 83.7 Å². The molecular weight excluding hydrogens is 394 g/mol. The van der Waals surface area contributed by atoms with Gasteiger partial charge in [0.2, 0.25) is 0 Å². The predicted molar refractivity (Wildman–Crippen MR) is 123 cm³/mol. The van der Waals surface area contributed by atoms with Crippen LogP contribution in [0.5, 0.6) is 0 Å². The van der Waals surface area contributed by atoms with E-state index in [-0.39, 0.29) is 24.8 Å². The van der Waals surface area contributed by atoms with Gasteiger partial charge in [-0.2, -0.15) is 0 Å². The molecule has 0 saturated carbocycles. The Morgan fingerprint density at radius 3 is 2.27 bits per heavy atom. The fourth-order valence-electron chi connectivity index (χ4n) is 3.45. The number of benzene rings is 2. The number of cyclic esters (lactones) is 1. The summed E-state index contributed by atoms with van der Waals surface area (Å²) in [5.74, 6) is 0. The van der Waals surface area contributed by atoms with Gasteiger partial charge in [0.15, 0.2) is 0 Å². The van der Waals surface area contributed by atoms with Gasteiger partial charge in [-0.15, -0.1) is 11.3 Å². The second-order valence-electron chi connectivity index (χ2n) is 7.28. The van der Waals surface area contributed by atoms with Gasteiger partial charge >= 0.3 is 6.09 Å².